The Kier molecular flexibility index (Phi) is 7.70. The molecule has 4 heteroatoms. The van der Waals surface area contributed by atoms with Crippen LogP contribution in [0.3, 0.4) is 0 Å². The summed E-state index contributed by atoms with van der Waals surface area (Å²) in [7, 11) is 0. The van der Waals surface area contributed by atoms with Crippen molar-refractivity contribution >= 4 is 18.5 Å². The number of amides is 1. The number of benzene rings is 1. The van der Waals surface area contributed by atoms with Crippen molar-refractivity contribution in [3.05, 3.63) is 29.8 Å². The molecule has 0 N–H and O–H groups in total. The molecular formula is C16H26N2OS. The third-order valence-corrected chi connectivity index (χ3v) is 3.99. The molecule has 1 rings (SSSR count). The van der Waals surface area contributed by atoms with Crippen molar-refractivity contribution < 1.29 is 4.79 Å². The van der Waals surface area contributed by atoms with Crippen molar-refractivity contribution in [2.45, 2.75) is 32.1 Å². The van der Waals surface area contributed by atoms with E-state index in [9.17, 15) is 4.79 Å². The van der Waals surface area contributed by atoms with Gasteiger partial charge in [0.25, 0.3) is 5.91 Å². The highest BCUT2D eigenvalue weighted by molar-refractivity contribution is 7.80. The van der Waals surface area contributed by atoms with Crippen molar-refractivity contribution in [2.24, 2.45) is 0 Å². The maximum Gasteiger partial charge on any atom is 0.254 e. The van der Waals surface area contributed by atoms with Gasteiger partial charge in [-0.05, 0) is 45.1 Å². The first-order chi connectivity index (χ1) is 9.63. The van der Waals surface area contributed by atoms with Gasteiger partial charge in [-0.3, -0.25) is 4.79 Å². The van der Waals surface area contributed by atoms with Crippen LogP contribution >= 0.6 is 12.6 Å². The quantitative estimate of drug-likeness (QED) is 0.745. The topological polar surface area (TPSA) is 23.6 Å². The molecule has 0 saturated heterocycles. The first-order valence-electron chi connectivity index (χ1n) is 7.43. The molecule has 20 heavy (non-hydrogen) atoms. The van der Waals surface area contributed by atoms with Crippen LogP contribution in [0.5, 0.6) is 0 Å². The number of nitrogens with zero attached hydrogens (tertiary/aromatic N) is 2. The number of hydrogen-bond acceptors (Lipinski definition) is 3. The lowest BCUT2D eigenvalue weighted by Gasteiger charge is -2.24. The predicted octanol–water partition coefficient (Wildman–Crippen LogP) is 3.17. The zero-order valence-electron chi connectivity index (χ0n) is 12.8. The third-order valence-electron chi connectivity index (χ3n) is 3.60. The third kappa shape index (κ3) is 4.84. The minimum atomic E-state index is 0.0812. The van der Waals surface area contributed by atoms with Crippen LogP contribution in [0.1, 0.15) is 37.6 Å². The lowest BCUT2D eigenvalue weighted by molar-refractivity contribution is 0.0754. The summed E-state index contributed by atoms with van der Waals surface area (Å²) in [6.45, 7) is 11.1. The number of rotatable bonds is 8. The Morgan fingerprint density at radius 1 is 1.05 bits per heavy atom. The van der Waals surface area contributed by atoms with Crippen LogP contribution in [-0.4, -0.2) is 48.4 Å². The second-order valence-electron chi connectivity index (χ2n) is 4.78. The Bertz CT molecular complexity index is 419. The molecule has 0 unspecified atom stereocenters. The molecule has 0 heterocycles. The molecule has 3 nitrogen and oxygen atoms in total. The average molecular weight is 294 g/mol. The van der Waals surface area contributed by atoms with Gasteiger partial charge in [-0.1, -0.05) is 26.0 Å². The Hall–Kier alpha value is -1.00. The SMILES string of the molecule is CCN(CC)CCCN(CC)C(=O)c1ccccc1S. The van der Waals surface area contributed by atoms with Crippen LogP contribution in [0.15, 0.2) is 29.2 Å². The minimum absolute atomic E-state index is 0.0812. The Morgan fingerprint density at radius 3 is 2.25 bits per heavy atom. The first kappa shape index (κ1) is 17.1. The Balaban J connectivity index is 2.58. The van der Waals surface area contributed by atoms with E-state index in [0.717, 1.165) is 44.0 Å². The van der Waals surface area contributed by atoms with Gasteiger partial charge in [0, 0.05) is 18.0 Å². The molecule has 0 aliphatic rings. The van der Waals surface area contributed by atoms with Gasteiger partial charge in [0.05, 0.1) is 5.56 Å². The van der Waals surface area contributed by atoms with Crippen LogP contribution in [0.25, 0.3) is 0 Å². The summed E-state index contributed by atoms with van der Waals surface area (Å²) in [6, 6.07) is 7.49. The summed E-state index contributed by atoms with van der Waals surface area (Å²) in [5, 5.41) is 0. The molecule has 0 aromatic heterocycles. The normalized spacial score (nSPS) is 10.8. The van der Waals surface area contributed by atoms with E-state index in [4.69, 9.17) is 0 Å². The molecule has 112 valence electrons. The second-order valence-corrected chi connectivity index (χ2v) is 5.26. The largest absolute Gasteiger partial charge is 0.339 e. The molecule has 0 aliphatic carbocycles. The summed E-state index contributed by atoms with van der Waals surface area (Å²) in [4.78, 5) is 17.5. The monoisotopic (exact) mass is 294 g/mol. The molecular weight excluding hydrogens is 268 g/mol. The zero-order valence-corrected chi connectivity index (χ0v) is 13.7. The van der Waals surface area contributed by atoms with Crippen LogP contribution in [0.4, 0.5) is 0 Å². The van der Waals surface area contributed by atoms with Gasteiger partial charge >= 0.3 is 0 Å². The summed E-state index contributed by atoms with van der Waals surface area (Å²) >= 11 is 4.37. The fourth-order valence-electron chi connectivity index (χ4n) is 2.25. The van der Waals surface area contributed by atoms with Gasteiger partial charge in [0.1, 0.15) is 0 Å². The highest BCUT2D eigenvalue weighted by Crippen LogP contribution is 2.15. The van der Waals surface area contributed by atoms with Crippen LogP contribution in [0.2, 0.25) is 0 Å². The maximum atomic E-state index is 12.5. The fraction of sp³-hybridized carbons (Fsp3) is 0.562. The summed E-state index contributed by atoms with van der Waals surface area (Å²) in [5.74, 6) is 0.0812. The average Bonchev–Trinajstić information content (AvgIpc) is 2.47. The van der Waals surface area contributed by atoms with E-state index in [1.165, 1.54) is 0 Å². The van der Waals surface area contributed by atoms with E-state index >= 15 is 0 Å². The molecule has 0 aliphatic heterocycles. The highest BCUT2D eigenvalue weighted by Gasteiger charge is 2.16. The number of hydrogen-bond donors (Lipinski definition) is 1. The lowest BCUT2D eigenvalue weighted by Crippen LogP contribution is -2.34. The van der Waals surface area contributed by atoms with E-state index in [1.54, 1.807) is 0 Å². The van der Waals surface area contributed by atoms with Crippen LogP contribution in [-0.2, 0) is 0 Å². The molecule has 1 aromatic carbocycles. The van der Waals surface area contributed by atoms with Gasteiger partial charge in [-0.15, -0.1) is 12.6 Å². The molecule has 0 bridgehead atoms. The smallest absolute Gasteiger partial charge is 0.254 e. The fourth-order valence-corrected chi connectivity index (χ4v) is 2.51. The molecule has 0 atom stereocenters. The first-order valence-corrected chi connectivity index (χ1v) is 7.88. The van der Waals surface area contributed by atoms with Gasteiger partial charge in [-0.2, -0.15) is 0 Å². The van der Waals surface area contributed by atoms with Gasteiger partial charge in [-0.25, -0.2) is 0 Å². The highest BCUT2D eigenvalue weighted by atomic mass is 32.1. The molecule has 0 radical (unpaired) electrons. The molecule has 0 fully saturated rings. The van der Waals surface area contributed by atoms with E-state index in [2.05, 4.69) is 31.4 Å². The standard InChI is InChI=1S/C16H26N2OS/c1-4-17(5-2)12-9-13-18(6-3)16(19)14-10-7-8-11-15(14)20/h7-8,10-11,20H,4-6,9,12-13H2,1-3H3. The molecule has 0 spiro atoms. The van der Waals surface area contributed by atoms with Gasteiger partial charge < -0.3 is 9.80 Å². The van der Waals surface area contributed by atoms with E-state index < -0.39 is 0 Å². The van der Waals surface area contributed by atoms with Crippen LogP contribution in [0, 0.1) is 0 Å². The Labute approximate surface area is 128 Å². The number of carbonyl (C=O) groups is 1. The maximum absolute atomic E-state index is 12.5. The van der Waals surface area contributed by atoms with E-state index in [-0.39, 0.29) is 5.91 Å². The number of thiol groups is 1. The van der Waals surface area contributed by atoms with E-state index in [0.29, 0.717) is 5.56 Å². The van der Waals surface area contributed by atoms with Crippen LogP contribution < -0.4 is 0 Å². The molecule has 1 amide bonds. The summed E-state index contributed by atoms with van der Waals surface area (Å²) in [6.07, 6.45) is 1.01. The predicted molar refractivity (Wildman–Crippen MR) is 87.7 cm³/mol. The lowest BCUT2D eigenvalue weighted by atomic mass is 10.2. The second kappa shape index (κ2) is 9.03. The van der Waals surface area contributed by atoms with Crippen molar-refractivity contribution in [3.8, 4) is 0 Å². The summed E-state index contributed by atoms with van der Waals surface area (Å²) in [5.41, 5.74) is 0.695. The minimum Gasteiger partial charge on any atom is -0.339 e. The Morgan fingerprint density at radius 2 is 1.70 bits per heavy atom. The van der Waals surface area contributed by atoms with Gasteiger partial charge in [0.15, 0.2) is 0 Å². The molecule has 1 aromatic rings. The van der Waals surface area contributed by atoms with Gasteiger partial charge in [0.2, 0.25) is 0 Å². The summed E-state index contributed by atoms with van der Waals surface area (Å²) < 4.78 is 0. The van der Waals surface area contributed by atoms with Crippen molar-refractivity contribution in [1.82, 2.24) is 9.80 Å². The van der Waals surface area contributed by atoms with Crippen molar-refractivity contribution in [3.63, 3.8) is 0 Å². The molecule has 0 saturated carbocycles. The number of carbonyl (C=O) groups excluding carboxylic acids is 1. The van der Waals surface area contributed by atoms with Crippen molar-refractivity contribution in [2.75, 3.05) is 32.7 Å². The zero-order chi connectivity index (χ0) is 15.0. The van der Waals surface area contributed by atoms with Crippen molar-refractivity contribution in [1.29, 1.82) is 0 Å². The van der Waals surface area contributed by atoms with E-state index in [1.807, 2.05) is 36.1 Å².